The van der Waals surface area contributed by atoms with Crippen LogP contribution in [0, 0.1) is 6.92 Å². The molecular weight excluding hydrogens is 309 g/mol. The van der Waals surface area contributed by atoms with Gasteiger partial charge in [-0.25, -0.2) is 0 Å². The monoisotopic (exact) mass is 324 g/mol. The van der Waals surface area contributed by atoms with E-state index >= 15 is 0 Å². The van der Waals surface area contributed by atoms with E-state index in [1.54, 1.807) is 0 Å². The van der Waals surface area contributed by atoms with Crippen LogP contribution >= 0.6 is 15.9 Å². The van der Waals surface area contributed by atoms with Crippen molar-refractivity contribution in [1.82, 2.24) is 5.43 Å². The molecule has 0 amide bonds. The molecule has 2 nitrogen and oxygen atoms in total. The maximum absolute atomic E-state index is 12.1. The van der Waals surface area contributed by atoms with E-state index in [9.17, 15) is 13.2 Å². The van der Waals surface area contributed by atoms with Gasteiger partial charge in [0.1, 0.15) is 0 Å². The topological polar surface area (TPSA) is 38.0 Å². The molecule has 18 heavy (non-hydrogen) atoms. The minimum atomic E-state index is -4.10. The average Bonchev–Trinajstić information content (AvgIpc) is 2.21. The fraction of sp³-hybridized carbons (Fsp3) is 0.500. The molecule has 3 N–H and O–H groups in total. The fourth-order valence-electron chi connectivity index (χ4n) is 1.82. The molecule has 0 radical (unpaired) electrons. The summed E-state index contributed by atoms with van der Waals surface area (Å²) in [7, 11) is 0. The molecule has 0 bridgehead atoms. The van der Waals surface area contributed by atoms with Crippen LogP contribution in [0.15, 0.2) is 22.7 Å². The number of hydrazine groups is 1. The van der Waals surface area contributed by atoms with Gasteiger partial charge >= 0.3 is 6.18 Å². The van der Waals surface area contributed by atoms with E-state index in [1.165, 1.54) is 0 Å². The second-order valence-corrected chi connectivity index (χ2v) is 5.20. The number of nitrogens with one attached hydrogen (secondary N) is 1. The second kappa shape index (κ2) is 6.54. The molecule has 1 unspecified atom stereocenters. The molecule has 1 atom stereocenters. The van der Waals surface area contributed by atoms with Gasteiger partial charge in [0.05, 0.1) is 0 Å². The molecule has 0 heterocycles. The van der Waals surface area contributed by atoms with Crippen LogP contribution in [-0.2, 0) is 0 Å². The molecule has 6 heteroatoms. The van der Waals surface area contributed by atoms with Gasteiger partial charge < -0.3 is 0 Å². The first kappa shape index (κ1) is 15.5. The summed E-state index contributed by atoms with van der Waals surface area (Å²) in [4.78, 5) is 0. The Morgan fingerprint density at radius 3 is 2.50 bits per heavy atom. The lowest BCUT2D eigenvalue weighted by molar-refractivity contribution is -0.135. The van der Waals surface area contributed by atoms with E-state index in [4.69, 9.17) is 5.84 Å². The number of alkyl halides is 3. The predicted octanol–water partition coefficient (Wildman–Crippen LogP) is 3.99. The summed E-state index contributed by atoms with van der Waals surface area (Å²) in [6, 6.07) is 5.46. The summed E-state index contributed by atoms with van der Waals surface area (Å²) in [6.07, 6.45) is -4.47. The zero-order valence-corrected chi connectivity index (χ0v) is 11.6. The highest BCUT2D eigenvalue weighted by atomic mass is 79.9. The van der Waals surface area contributed by atoms with Crippen LogP contribution in [0.2, 0.25) is 0 Å². The normalized spacial score (nSPS) is 13.7. The third kappa shape index (κ3) is 5.37. The number of aryl methyl sites for hydroxylation is 1. The van der Waals surface area contributed by atoms with Crippen molar-refractivity contribution in [1.29, 1.82) is 0 Å². The molecule has 0 spiro atoms. The van der Waals surface area contributed by atoms with Gasteiger partial charge in [0.25, 0.3) is 0 Å². The molecule has 0 saturated heterocycles. The molecule has 0 aliphatic heterocycles. The standard InChI is InChI=1S/C12H16BrF3N2/c1-8-5-9(7-10(13)6-8)11(18-17)3-2-4-12(14,15)16/h5-7,11,18H,2-4,17H2,1H3. The Morgan fingerprint density at radius 1 is 1.33 bits per heavy atom. The van der Waals surface area contributed by atoms with Crippen LogP contribution in [0.4, 0.5) is 13.2 Å². The lowest BCUT2D eigenvalue weighted by Crippen LogP contribution is -2.28. The molecule has 0 aliphatic rings. The predicted molar refractivity (Wildman–Crippen MR) is 68.8 cm³/mol. The minimum absolute atomic E-state index is 0.0595. The van der Waals surface area contributed by atoms with E-state index in [2.05, 4.69) is 21.4 Å². The summed E-state index contributed by atoms with van der Waals surface area (Å²) >= 11 is 3.36. The first-order valence-electron chi connectivity index (χ1n) is 5.62. The number of hydrogen-bond donors (Lipinski definition) is 2. The Balaban J connectivity index is 2.65. The Kier molecular flexibility index (Phi) is 5.62. The van der Waals surface area contributed by atoms with Crippen LogP contribution < -0.4 is 11.3 Å². The van der Waals surface area contributed by atoms with Crippen LogP contribution in [-0.4, -0.2) is 6.18 Å². The first-order chi connectivity index (χ1) is 8.31. The number of rotatable bonds is 5. The van der Waals surface area contributed by atoms with Crippen molar-refractivity contribution in [3.05, 3.63) is 33.8 Å². The smallest absolute Gasteiger partial charge is 0.271 e. The molecule has 0 aromatic heterocycles. The Morgan fingerprint density at radius 2 is 2.00 bits per heavy atom. The average molecular weight is 325 g/mol. The van der Waals surface area contributed by atoms with E-state index in [-0.39, 0.29) is 12.5 Å². The molecule has 1 rings (SSSR count). The van der Waals surface area contributed by atoms with Gasteiger partial charge in [-0.3, -0.25) is 11.3 Å². The van der Waals surface area contributed by atoms with E-state index in [0.29, 0.717) is 6.42 Å². The summed E-state index contributed by atoms with van der Waals surface area (Å²) in [5, 5.41) is 0. The number of halogens is 4. The second-order valence-electron chi connectivity index (χ2n) is 4.29. The molecule has 102 valence electrons. The van der Waals surface area contributed by atoms with Gasteiger partial charge in [-0.05, 0) is 43.0 Å². The molecule has 0 fully saturated rings. The summed E-state index contributed by atoms with van der Waals surface area (Å²) in [5.74, 6) is 5.41. The van der Waals surface area contributed by atoms with Gasteiger partial charge in [-0.1, -0.05) is 22.0 Å². The minimum Gasteiger partial charge on any atom is -0.271 e. The van der Waals surface area contributed by atoms with Gasteiger partial charge in [0.15, 0.2) is 0 Å². The highest BCUT2D eigenvalue weighted by Crippen LogP contribution is 2.27. The highest BCUT2D eigenvalue weighted by molar-refractivity contribution is 9.10. The van der Waals surface area contributed by atoms with E-state index in [1.807, 2.05) is 25.1 Å². The largest absolute Gasteiger partial charge is 0.389 e. The van der Waals surface area contributed by atoms with Crippen molar-refractivity contribution >= 4 is 15.9 Å². The third-order valence-electron chi connectivity index (χ3n) is 2.62. The van der Waals surface area contributed by atoms with Crippen molar-refractivity contribution in [2.45, 2.75) is 38.4 Å². The SMILES string of the molecule is Cc1cc(Br)cc(C(CCCC(F)(F)F)NN)c1. The van der Waals surface area contributed by atoms with Crippen molar-refractivity contribution in [3.63, 3.8) is 0 Å². The van der Waals surface area contributed by atoms with Gasteiger partial charge in [0, 0.05) is 16.9 Å². The molecular formula is C12H16BrF3N2. The van der Waals surface area contributed by atoms with Gasteiger partial charge in [-0.15, -0.1) is 0 Å². The Hall–Kier alpha value is -0.590. The zero-order chi connectivity index (χ0) is 13.8. The van der Waals surface area contributed by atoms with Crippen molar-refractivity contribution < 1.29 is 13.2 Å². The van der Waals surface area contributed by atoms with E-state index < -0.39 is 12.6 Å². The van der Waals surface area contributed by atoms with Crippen LogP contribution in [0.3, 0.4) is 0 Å². The van der Waals surface area contributed by atoms with Crippen LogP contribution in [0.5, 0.6) is 0 Å². The Bertz CT molecular complexity index is 373. The molecule has 0 aliphatic carbocycles. The summed E-state index contributed by atoms with van der Waals surface area (Å²) in [6.45, 7) is 1.93. The summed E-state index contributed by atoms with van der Waals surface area (Å²) in [5.41, 5.74) is 4.50. The quantitative estimate of drug-likeness (QED) is 0.634. The van der Waals surface area contributed by atoms with Crippen molar-refractivity contribution in [2.24, 2.45) is 5.84 Å². The van der Waals surface area contributed by atoms with E-state index in [0.717, 1.165) is 15.6 Å². The first-order valence-corrected chi connectivity index (χ1v) is 6.41. The van der Waals surface area contributed by atoms with Gasteiger partial charge in [0.2, 0.25) is 0 Å². The lowest BCUT2D eigenvalue weighted by Gasteiger charge is -2.17. The number of hydrogen-bond acceptors (Lipinski definition) is 2. The third-order valence-corrected chi connectivity index (χ3v) is 3.08. The van der Waals surface area contributed by atoms with Gasteiger partial charge in [-0.2, -0.15) is 13.2 Å². The van der Waals surface area contributed by atoms with Crippen LogP contribution in [0.25, 0.3) is 0 Å². The lowest BCUT2D eigenvalue weighted by atomic mass is 10.00. The number of benzene rings is 1. The summed E-state index contributed by atoms with van der Waals surface area (Å²) < 4.78 is 37.1. The maximum atomic E-state index is 12.1. The maximum Gasteiger partial charge on any atom is 0.389 e. The molecule has 1 aromatic carbocycles. The van der Waals surface area contributed by atoms with Crippen molar-refractivity contribution in [2.75, 3.05) is 0 Å². The van der Waals surface area contributed by atoms with Crippen molar-refractivity contribution in [3.8, 4) is 0 Å². The number of nitrogens with two attached hydrogens (primary N) is 1. The highest BCUT2D eigenvalue weighted by Gasteiger charge is 2.26. The Labute approximate surface area is 113 Å². The zero-order valence-electron chi connectivity index (χ0n) is 10.0. The molecule has 0 saturated carbocycles. The fourth-order valence-corrected chi connectivity index (χ4v) is 2.44. The van der Waals surface area contributed by atoms with Crippen LogP contribution in [0.1, 0.15) is 36.4 Å². The molecule has 1 aromatic rings.